The number of hydrogen-bond acceptors (Lipinski definition) is 3. The van der Waals surface area contributed by atoms with Gasteiger partial charge < -0.3 is 14.2 Å². The van der Waals surface area contributed by atoms with Crippen molar-refractivity contribution in [3.63, 3.8) is 0 Å². The largest absolute Gasteiger partial charge is 0.466 e. The van der Waals surface area contributed by atoms with Crippen LogP contribution in [0.15, 0.2) is 60.7 Å². The summed E-state index contributed by atoms with van der Waals surface area (Å²) in [4.78, 5) is 27.5. The zero-order valence-corrected chi connectivity index (χ0v) is 18.4. The van der Waals surface area contributed by atoms with E-state index in [1.165, 1.54) is 6.07 Å². The molecule has 1 aliphatic heterocycles. The van der Waals surface area contributed by atoms with Crippen LogP contribution in [0.4, 0.5) is 4.39 Å². The first kappa shape index (κ1) is 21.8. The minimum Gasteiger partial charge on any atom is -0.466 e. The highest BCUT2D eigenvalue weighted by molar-refractivity contribution is 5.97. The van der Waals surface area contributed by atoms with E-state index in [1.54, 1.807) is 34.6 Å². The Bertz CT molecular complexity index is 1120. The maximum absolute atomic E-state index is 14.8. The smallest absolute Gasteiger partial charge is 0.310 e. The molecule has 0 bridgehead atoms. The van der Waals surface area contributed by atoms with E-state index in [0.29, 0.717) is 43.1 Å². The number of para-hydroxylation sites is 1. The summed E-state index contributed by atoms with van der Waals surface area (Å²) in [5, 5.41) is 0. The van der Waals surface area contributed by atoms with E-state index < -0.39 is 0 Å². The second kappa shape index (κ2) is 9.39. The number of aromatic nitrogens is 1. The lowest BCUT2D eigenvalue weighted by Gasteiger charge is -2.31. The quantitative estimate of drug-likeness (QED) is 0.531. The molecular formula is C26H27FN2O3. The van der Waals surface area contributed by atoms with Crippen LogP contribution < -0.4 is 0 Å². The Morgan fingerprint density at radius 3 is 2.53 bits per heavy atom. The molecule has 1 fully saturated rings. The molecule has 0 aliphatic carbocycles. The molecule has 0 spiro atoms. The lowest BCUT2D eigenvalue weighted by Crippen LogP contribution is -2.43. The number of benzene rings is 2. The van der Waals surface area contributed by atoms with Crippen LogP contribution in [0.25, 0.3) is 16.9 Å². The molecule has 1 saturated heterocycles. The molecule has 0 saturated carbocycles. The summed E-state index contributed by atoms with van der Waals surface area (Å²) in [6, 6.07) is 18.0. The highest BCUT2D eigenvalue weighted by atomic mass is 19.1. The van der Waals surface area contributed by atoms with Crippen LogP contribution in [0.5, 0.6) is 0 Å². The molecule has 1 amide bonds. The van der Waals surface area contributed by atoms with Gasteiger partial charge in [-0.3, -0.25) is 9.59 Å². The first-order valence-electron chi connectivity index (χ1n) is 11.0. The van der Waals surface area contributed by atoms with Crippen molar-refractivity contribution in [3.05, 3.63) is 77.7 Å². The molecule has 0 radical (unpaired) electrons. The summed E-state index contributed by atoms with van der Waals surface area (Å²) in [6.45, 7) is 4.86. The van der Waals surface area contributed by atoms with Gasteiger partial charge in [0, 0.05) is 18.8 Å². The Balaban J connectivity index is 1.74. The Labute approximate surface area is 187 Å². The highest BCUT2D eigenvalue weighted by Crippen LogP contribution is 2.32. The average molecular weight is 435 g/mol. The number of esters is 1. The van der Waals surface area contributed by atoms with E-state index in [1.807, 2.05) is 43.3 Å². The van der Waals surface area contributed by atoms with Crippen molar-refractivity contribution in [2.75, 3.05) is 19.7 Å². The number of carbonyl (C=O) groups excluding carboxylic acids is 2. The third-order valence-electron chi connectivity index (χ3n) is 5.97. The minimum atomic E-state index is -0.359. The first-order chi connectivity index (χ1) is 15.5. The SMILES string of the molecule is CCOC(=O)C1CCCN(C(=O)c2cc(-c3ccccc3)n(-c3ccccc3F)c2C)C1. The summed E-state index contributed by atoms with van der Waals surface area (Å²) < 4.78 is 21.7. The van der Waals surface area contributed by atoms with Crippen molar-refractivity contribution >= 4 is 11.9 Å². The molecule has 32 heavy (non-hydrogen) atoms. The first-order valence-corrected chi connectivity index (χ1v) is 11.0. The normalized spacial score (nSPS) is 16.1. The topological polar surface area (TPSA) is 51.5 Å². The molecular weight excluding hydrogens is 407 g/mol. The lowest BCUT2D eigenvalue weighted by atomic mass is 9.97. The Morgan fingerprint density at radius 1 is 1.09 bits per heavy atom. The maximum atomic E-state index is 14.8. The molecule has 1 atom stereocenters. The molecule has 166 valence electrons. The number of halogens is 1. The summed E-state index contributed by atoms with van der Waals surface area (Å²) >= 11 is 0. The van der Waals surface area contributed by atoms with Crippen LogP contribution in [-0.2, 0) is 9.53 Å². The summed E-state index contributed by atoms with van der Waals surface area (Å²) in [7, 11) is 0. The fraction of sp³-hybridized carbons (Fsp3) is 0.308. The van der Waals surface area contributed by atoms with Crippen molar-refractivity contribution in [2.45, 2.75) is 26.7 Å². The van der Waals surface area contributed by atoms with Gasteiger partial charge >= 0.3 is 5.97 Å². The van der Waals surface area contributed by atoms with E-state index >= 15 is 0 Å². The second-order valence-electron chi connectivity index (χ2n) is 8.02. The second-order valence-corrected chi connectivity index (χ2v) is 8.02. The number of amides is 1. The molecule has 5 nitrogen and oxygen atoms in total. The van der Waals surface area contributed by atoms with Crippen molar-refractivity contribution < 1.29 is 18.7 Å². The van der Waals surface area contributed by atoms with Crippen LogP contribution in [0.2, 0.25) is 0 Å². The number of hydrogen-bond donors (Lipinski definition) is 0. The van der Waals surface area contributed by atoms with Gasteiger partial charge in [0.05, 0.1) is 29.5 Å². The molecule has 1 unspecified atom stereocenters. The maximum Gasteiger partial charge on any atom is 0.310 e. The molecule has 3 aromatic rings. The van der Waals surface area contributed by atoms with E-state index in [4.69, 9.17) is 4.74 Å². The predicted octanol–water partition coefficient (Wildman–Crippen LogP) is 5.01. The molecule has 4 rings (SSSR count). The standard InChI is InChI=1S/C26H27FN2O3/c1-3-32-26(31)20-12-9-15-28(17-20)25(30)21-16-24(19-10-5-4-6-11-19)29(18(21)2)23-14-8-7-13-22(23)27/h4-8,10-11,13-14,16,20H,3,9,12,15,17H2,1-2H3. The number of carbonyl (C=O) groups is 2. The number of piperidine rings is 1. The number of likely N-dealkylation sites (tertiary alicyclic amines) is 1. The highest BCUT2D eigenvalue weighted by Gasteiger charge is 2.31. The van der Waals surface area contributed by atoms with Crippen LogP contribution in [0.1, 0.15) is 35.8 Å². The fourth-order valence-electron chi connectivity index (χ4n) is 4.37. The summed E-state index contributed by atoms with van der Waals surface area (Å²) in [6.07, 6.45) is 1.46. The molecule has 2 aromatic carbocycles. The Kier molecular flexibility index (Phi) is 6.40. The molecule has 0 N–H and O–H groups in total. The van der Waals surface area contributed by atoms with Gasteiger partial charge in [-0.25, -0.2) is 4.39 Å². The van der Waals surface area contributed by atoms with Gasteiger partial charge in [-0.15, -0.1) is 0 Å². The molecule has 1 aromatic heterocycles. The van der Waals surface area contributed by atoms with E-state index in [-0.39, 0.29) is 23.6 Å². The Morgan fingerprint density at radius 2 is 1.81 bits per heavy atom. The van der Waals surface area contributed by atoms with E-state index in [2.05, 4.69) is 0 Å². The number of ether oxygens (including phenoxy) is 1. The van der Waals surface area contributed by atoms with E-state index in [9.17, 15) is 14.0 Å². The minimum absolute atomic E-state index is 0.149. The summed E-state index contributed by atoms with van der Waals surface area (Å²) in [5.74, 6) is -1.07. The number of rotatable bonds is 5. The third-order valence-corrected chi connectivity index (χ3v) is 5.97. The Hall–Kier alpha value is -3.41. The molecule has 1 aliphatic rings. The van der Waals surface area contributed by atoms with Gasteiger partial charge in [0.1, 0.15) is 5.82 Å². The van der Waals surface area contributed by atoms with Crippen LogP contribution in [-0.4, -0.2) is 41.0 Å². The number of nitrogens with zero attached hydrogens (tertiary/aromatic N) is 2. The fourth-order valence-corrected chi connectivity index (χ4v) is 4.37. The van der Waals surface area contributed by atoms with Gasteiger partial charge in [-0.1, -0.05) is 42.5 Å². The van der Waals surface area contributed by atoms with E-state index in [0.717, 1.165) is 17.7 Å². The predicted molar refractivity (Wildman–Crippen MR) is 121 cm³/mol. The van der Waals surface area contributed by atoms with Crippen LogP contribution in [0, 0.1) is 18.7 Å². The van der Waals surface area contributed by atoms with Crippen molar-refractivity contribution in [1.29, 1.82) is 0 Å². The molecule has 6 heteroatoms. The monoisotopic (exact) mass is 434 g/mol. The van der Waals surface area contributed by atoms with Crippen LogP contribution in [0.3, 0.4) is 0 Å². The van der Waals surface area contributed by atoms with Gasteiger partial charge in [0.25, 0.3) is 5.91 Å². The molecule has 2 heterocycles. The average Bonchev–Trinajstić information content (AvgIpc) is 3.16. The van der Waals surface area contributed by atoms with Gasteiger partial charge in [-0.05, 0) is 50.5 Å². The summed E-state index contributed by atoms with van der Waals surface area (Å²) in [5.41, 5.74) is 3.20. The van der Waals surface area contributed by atoms with Gasteiger partial charge in [-0.2, -0.15) is 0 Å². The lowest BCUT2D eigenvalue weighted by molar-refractivity contribution is -0.149. The van der Waals surface area contributed by atoms with Crippen molar-refractivity contribution in [2.24, 2.45) is 5.92 Å². The zero-order valence-electron chi connectivity index (χ0n) is 18.4. The third kappa shape index (κ3) is 4.17. The van der Waals surface area contributed by atoms with Crippen molar-refractivity contribution in [3.8, 4) is 16.9 Å². The van der Waals surface area contributed by atoms with Crippen LogP contribution >= 0.6 is 0 Å². The zero-order chi connectivity index (χ0) is 22.7. The van der Waals surface area contributed by atoms with Gasteiger partial charge in [0.15, 0.2) is 0 Å². The van der Waals surface area contributed by atoms with Gasteiger partial charge in [0.2, 0.25) is 0 Å². The van der Waals surface area contributed by atoms with Crippen molar-refractivity contribution in [1.82, 2.24) is 9.47 Å².